The van der Waals surface area contributed by atoms with E-state index in [4.69, 9.17) is 0 Å². The number of aromatic nitrogens is 1. The summed E-state index contributed by atoms with van der Waals surface area (Å²) in [4.78, 5) is 19.2. The maximum Gasteiger partial charge on any atom is 0.272 e. The van der Waals surface area contributed by atoms with Crippen molar-refractivity contribution in [2.75, 3.05) is 11.9 Å². The summed E-state index contributed by atoms with van der Waals surface area (Å²) in [6.07, 6.45) is 12.8. The number of carbonyl (C=O) groups excluding carboxylic acids is 1. The predicted octanol–water partition coefficient (Wildman–Crippen LogP) is 4.23. The Balaban J connectivity index is 1.62. The summed E-state index contributed by atoms with van der Waals surface area (Å²) in [5, 5.41) is 3.56. The topological polar surface area (TPSA) is 45.2 Å². The molecule has 0 spiro atoms. The van der Waals surface area contributed by atoms with Crippen LogP contribution in [0.4, 0.5) is 5.69 Å². The van der Waals surface area contributed by atoms with E-state index in [0.29, 0.717) is 17.8 Å². The van der Waals surface area contributed by atoms with Crippen molar-refractivity contribution in [1.82, 2.24) is 9.88 Å². The van der Waals surface area contributed by atoms with Crippen LogP contribution in [0, 0.1) is 0 Å². The second-order valence-corrected chi connectivity index (χ2v) is 6.97. The molecule has 23 heavy (non-hydrogen) atoms. The number of amides is 1. The van der Waals surface area contributed by atoms with Gasteiger partial charge in [0.05, 0.1) is 11.9 Å². The number of piperidine rings is 1. The van der Waals surface area contributed by atoms with E-state index in [1.807, 2.05) is 23.2 Å². The van der Waals surface area contributed by atoms with Gasteiger partial charge in [-0.3, -0.25) is 4.79 Å². The van der Waals surface area contributed by atoms with Gasteiger partial charge in [-0.05, 0) is 50.7 Å². The molecular formula is C19H29N3O. The first kappa shape index (κ1) is 16.3. The fourth-order valence-electron chi connectivity index (χ4n) is 3.93. The number of likely N-dealkylation sites (tertiary alicyclic amines) is 1. The summed E-state index contributed by atoms with van der Waals surface area (Å²) < 4.78 is 0. The molecule has 126 valence electrons. The molecule has 1 atom stereocenters. The molecule has 2 heterocycles. The van der Waals surface area contributed by atoms with Crippen LogP contribution in [-0.4, -0.2) is 34.4 Å². The fourth-order valence-corrected chi connectivity index (χ4v) is 3.93. The van der Waals surface area contributed by atoms with Crippen LogP contribution in [-0.2, 0) is 0 Å². The highest BCUT2D eigenvalue weighted by molar-refractivity contribution is 5.92. The van der Waals surface area contributed by atoms with E-state index in [1.54, 1.807) is 0 Å². The first-order valence-electron chi connectivity index (χ1n) is 9.31. The lowest BCUT2D eigenvalue weighted by Crippen LogP contribution is -2.43. The fraction of sp³-hybridized carbons (Fsp3) is 0.684. The molecule has 1 saturated heterocycles. The molecule has 3 rings (SSSR count). The number of nitrogens with zero attached hydrogens (tertiary/aromatic N) is 2. The van der Waals surface area contributed by atoms with Crippen LogP contribution >= 0.6 is 0 Å². The highest BCUT2D eigenvalue weighted by Crippen LogP contribution is 2.23. The minimum absolute atomic E-state index is 0.0979. The van der Waals surface area contributed by atoms with Gasteiger partial charge in [-0.2, -0.15) is 0 Å². The Labute approximate surface area is 139 Å². The molecule has 0 aromatic carbocycles. The Morgan fingerprint density at radius 2 is 1.96 bits per heavy atom. The normalized spacial score (nSPS) is 22.8. The van der Waals surface area contributed by atoms with Gasteiger partial charge in [-0.15, -0.1) is 0 Å². The minimum Gasteiger partial charge on any atom is -0.381 e. The van der Waals surface area contributed by atoms with E-state index in [9.17, 15) is 4.79 Å². The number of anilines is 1. The first-order chi connectivity index (χ1) is 11.3. The number of hydrogen-bond acceptors (Lipinski definition) is 3. The van der Waals surface area contributed by atoms with E-state index < -0.39 is 0 Å². The van der Waals surface area contributed by atoms with Crippen LogP contribution in [0.5, 0.6) is 0 Å². The van der Waals surface area contributed by atoms with Crippen LogP contribution in [0.15, 0.2) is 18.3 Å². The van der Waals surface area contributed by atoms with Crippen LogP contribution in [0.1, 0.15) is 75.2 Å². The number of hydrogen-bond donors (Lipinski definition) is 1. The van der Waals surface area contributed by atoms with Crippen LogP contribution in [0.25, 0.3) is 0 Å². The van der Waals surface area contributed by atoms with E-state index in [2.05, 4.69) is 17.2 Å². The molecule has 2 aliphatic rings. The van der Waals surface area contributed by atoms with Gasteiger partial charge in [-0.25, -0.2) is 4.98 Å². The average molecular weight is 315 g/mol. The summed E-state index contributed by atoms with van der Waals surface area (Å²) in [5.41, 5.74) is 1.62. The van der Waals surface area contributed by atoms with E-state index in [0.717, 1.165) is 31.5 Å². The maximum absolute atomic E-state index is 12.7. The molecule has 4 nitrogen and oxygen atoms in total. The minimum atomic E-state index is 0.0979. The van der Waals surface area contributed by atoms with Gasteiger partial charge in [0.25, 0.3) is 5.91 Å². The third kappa shape index (κ3) is 4.04. The Morgan fingerprint density at radius 1 is 1.17 bits per heavy atom. The SMILES string of the molecule is CCC1CCCCN1C(=O)c1ccc(NC2CCCCC2)cn1. The van der Waals surface area contributed by atoms with E-state index in [1.165, 1.54) is 38.5 Å². The lowest BCUT2D eigenvalue weighted by atomic mass is 9.95. The Morgan fingerprint density at radius 3 is 2.65 bits per heavy atom. The van der Waals surface area contributed by atoms with Crippen molar-refractivity contribution in [1.29, 1.82) is 0 Å². The Hall–Kier alpha value is -1.58. The predicted molar refractivity (Wildman–Crippen MR) is 93.7 cm³/mol. The van der Waals surface area contributed by atoms with Crippen molar-refractivity contribution in [3.05, 3.63) is 24.0 Å². The van der Waals surface area contributed by atoms with Crippen LogP contribution in [0.2, 0.25) is 0 Å². The molecular weight excluding hydrogens is 286 g/mol. The maximum atomic E-state index is 12.7. The second-order valence-electron chi connectivity index (χ2n) is 6.97. The third-order valence-corrected chi connectivity index (χ3v) is 5.32. The van der Waals surface area contributed by atoms with Crippen LogP contribution in [0.3, 0.4) is 0 Å². The molecule has 1 unspecified atom stereocenters. The largest absolute Gasteiger partial charge is 0.381 e. The van der Waals surface area contributed by atoms with Crippen molar-refractivity contribution in [3.8, 4) is 0 Å². The van der Waals surface area contributed by atoms with Gasteiger partial charge in [0.1, 0.15) is 5.69 Å². The summed E-state index contributed by atoms with van der Waals surface area (Å²) in [7, 11) is 0. The summed E-state index contributed by atoms with van der Waals surface area (Å²) in [6.45, 7) is 3.04. The quantitative estimate of drug-likeness (QED) is 0.904. The first-order valence-corrected chi connectivity index (χ1v) is 9.31. The van der Waals surface area contributed by atoms with Gasteiger partial charge in [-0.1, -0.05) is 26.2 Å². The number of pyridine rings is 1. The Kier molecular flexibility index (Phi) is 5.52. The zero-order valence-electron chi connectivity index (χ0n) is 14.3. The monoisotopic (exact) mass is 315 g/mol. The molecule has 1 aliphatic heterocycles. The molecule has 1 aromatic heterocycles. The molecule has 1 amide bonds. The molecule has 1 saturated carbocycles. The summed E-state index contributed by atoms with van der Waals surface area (Å²) in [5.74, 6) is 0.0979. The zero-order chi connectivity index (χ0) is 16.1. The van der Waals surface area contributed by atoms with Crippen molar-refractivity contribution < 1.29 is 4.79 Å². The van der Waals surface area contributed by atoms with Gasteiger partial charge in [0.2, 0.25) is 0 Å². The molecule has 1 aliphatic carbocycles. The molecule has 0 bridgehead atoms. The highest BCUT2D eigenvalue weighted by Gasteiger charge is 2.26. The second kappa shape index (κ2) is 7.80. The van der Waals surface area contributed by atoms with Crippen molar-refractivity contribution >= 4 is 11.6 Å². The lowest BCUT2D eigenvalue weighted by molar-refractivity contribution is 0.0602. The summed E-state index contributed by atoms with van der Waals surface area (Å²) >= 11 is 0. The van der Waals surface area contributed by atoms with Crippen molar-refractivity contribution in [2.45, 2.75) is 76.8 Å². The Bertz CT molecular complexity index is 508. The highest BCUT2D eigenvalue weighted by atomic mass is 16.2. The van der Waals surface area contributed by atoms with Crippen molar-refractivity contribution in [2.24, 2.45) is 0 Å². The van der Waals surface area contributed by atoms with Crippen molar-refractivity contribution in [3.63, 3.8) is 0 Å². The van der Waals surface area contributed by atoms with Gasteiger partial charge in [0, 0.05) is 18.6 Å². The third-order valence-electron chi connectivity index (χ3n) is 5.32. The van der Waals surface area contributed by atoms with E-state index in [-0.39, 0.29) is 5.91 Å². The van der Waals surface area contributed by atoms with Crippen LogP contribution < -0.4 is 5.32 Å². The molecule has 2 fully saturated rings. The summed E-state index contributed by atoms with van der Waals surface area (Å²) in [6, 6.07) is 4.85. The standard InChI is InChI=1S/C19H29N3O/c1-2-17-10-6-7-13-22(17)19(23)18-12-11-16(14-20-18)21-15-8-4-3-5-9-15/h11-12,14-15,17,21H,2-10,13H2,1H3. The average Bonchev–Trinajstić information content (AvgIpc) is 2.62. The number of nitrogens with one attached hydrogen (secondary N) is 1. The van der Waals surface area contributed by atoms with Gasteiger partial charge in [0.15, 0.2) is 0 Å². The lowest BCUT2D eigenvalue weighted by Gasteiger charge is -2.35. The number of rotatable bonds is 4. The molecule has 4 heteroatoms. The van der Waals surface area contributed by atoms with E-state index >= 15 is 0 Å². The smallest absolute Gasteiger partial charge is 0.272 e. The number of carbonyl (C=O) groups is 1. The van der Waals surface area contributed by atoms with Gasteiger partial charge >= 0.3 is 0 Å². The van der Waals surface area contributed by atoms with Gasteiger partial charge < -0.3 is 10.2 Å². The zero-order valence-corrected chi connectivity index (χ0v) is 14.3. The molecule has 0 radical (unpaired) electrons. The molecule has 1 aromatic rings. The molecule has 1 N–H and O–H groups in total.